The van der Waals surface area contributed by atoms with Gasteiger partial charge in [-0.05, 0) is 36.2 Å². The summed E-state index contributed by atoms with van der Waals surface area (Å²) in [5.41, 5.74) is 1.16. The van der Waals surface area contributed by atoms with E-state index in [2.05, 4.69) is 20.6 Å². The van der Waals surface area contributed by atoms with E-state index in [1.807, 2.05) is 31.2 Å². The summed E-state index contributed by atoms with van der Waals surface area (Å²) in [6.45, 7) is 2.04. The maximum Gasteiger partial charge on any atom is 0.418 e. The minimum atomic E-state index is -4.46. The van der Waals surface area contributed by atoms with Crippen molar-refractivity contribution in [2.24, 2.45) is 0 Å². The zero-order chi connectivity index (χ0) is 18.6. The standard InChI is InChI=1S/C19H17F3N4/c1-2-13-7-3-5-9-15(13)24-17-11-12-23-18(26-17)25-16-10-6-4-8-14(16)19(20,21)22/h3-12H,2H2,1H3,(H2,23,24,25,26). The number of anilines is 4. The number of para-hydroxylation sites is 2. The number of nitrogens with zero attached hydrogens (tertiary/aromatic N) is 2. The number of halogens is 3. The Morgan fingerprint density at radius 2 is 1.58 bits per heavy atom. The van der Waals surface area contributed by atoms with Crippen molar-refractivity contribution in [2.45, 2.75) is 19.5 Å². The smallest absolute Gasteiger partial charge is 0.340 e. The summed E-state index contributed by atoms with van der Waals surface area (Å²) in [4.78, 5) is 8.27. The van der Waals surface area contributed by atoms with Crippen LogP contribution in [0.25, 0.3) is 0 Å². The van der Waals surface area contributed by atoms with E-state index in [1.165, 1.54) is 24.4 Å². The number of hydrogen-bond acceptors (Lipinski definition) is 4. The average Bonchev–Trinajstić information content (AvgIpc) is 2.62. The molecule has 0 amide bonds. The maximum absolute atomic E-state index is 13.1. The van der Waals surface area contributed by atoms with Crippen LogP contribution in [0.4, 0.5) is 36.3 Å². The summed E-state index contributed by atoms with van der Waals surface area (Å²) in [6, 6.07) is 14.7. The third-order valence-corrected chi connectivity index (χ3v) is 3.80. The second kappa shape index (κ2) is 7.43. The van der Waals surface area contributed by atoms with Gasteiger partial charge in [0.05, 0.1) is 11.3 Å². The third-order valence-electron chi connectivity index (χ3n) is 3.80. The molecule has 0 aliphatic carbocycles. The normalized spacial score (nSPS) is 11.2. The molecule has 1 heterocycles. The molecule has 2 aromatic carbocycles. The number of aryl methyl sites for hydroxylation is 1. The number of aromatic nitrogens is 2. The zero-order valence-electron chi connectivity index (χ0n) is 14.0. The highest BCUT2D eigenvalue weighted by Gasteiger charge is 2.33. The largest absolute Gasteiger partial charge is 0.418 e. The van der Waals surface area contributed by atoms with E-state index in [9.17, 15) is 13.2 Å². The topological polar surface area (TPSA) is 49.8 Å². The first-order valence-corrected chi connectivity index (χ1v) is 8.08. The average molecular weight is 358 g/mol. The van der Waals surface area contributed by atoms with E-state index in [0.29, 0.717) is 5.82 Å². The molecule has 2 N–H and O–H groups in total. The van der Waals surface area contributed by atoms with Gasteiger partial charge in [0.25, 0.3) is 0 Å². The van der Waals surface area contributed by atoms with Crippen molar-refractivity contribution >= 4 is 23.1 Å². The molecule has 3 rings (SSSR count). The Bertz CT molecular complexity index is 894. The van der Waals surface area contributed by atoms with E-state index in [-0.39, 0.29) is 11.6 Å². The second-order valence-electron chi connectivity index (χ2n) is 5.57. The van der Waals surface area contributed by atoms with Crippen LogP contribution in [-0.4, -0.2) is 9.97 Å². The number of rotatable bonds is 5. The van der Waals surface area contributed by atoms with E-state index < -0.39 is 11.7 Å². The minimum Gasteiger partial charge on any atom is -0.340 e. The Kier molecular flexibility index (Phi) is 5.06. The monoisotopic (exact) mass is 358 g/mol. The van der Waals surface area contributed by atoms with Crippen molar-refractivity contribution in [3.63, 3.8) is 0 Å². The van der Waals surface area contributed by atoms with Gasteiger partial charge in [-0.15, -0.1) is 0 Å². The van der Waals surface area contributed by atoms with Gasteiger partial charge >= 0.3 is 6.18 Å². The van der Waals surface area contributed by atoms with Crippen LogP contribution in [0.2, 0.25) is 0 Å². The van der Waals surface area contributed by atoms with Crippen LogP contribution in [0.3, 0.4) is 0 Å². The quantitative estimate of drug-likeness (QED) is 0.628. The molecular formula is C19H17F3N4. The molecule has 0 unspecified atom stereocenters. The third kappa shape index (κ3) is 4.11. The molecule has 4 nitrogen and oxygen atoms in total. The maximum atomic E-state index is 13.1. The molecule has 0 aliphatic rings. The first-order chi connectivity index (χ1) is 12.5. The summed E-state index contributed by atoms with van der Waals surface area (Å²) >= 11 is 0. The van der Waals surface area contributed by atoms with Gasteiger partial charge in [-0.3, -0.25) is 0 Å². The fourth-order valence-electron chi connectivity index (χ4n) is 2.54. The van der Waals surface area contributed by atoms with Crippen LogP contribution in [0.15, 0.2) is 60.8 Å². The zero-order valence-corrected chi connectivity index (χ0v) is 14.0. The first kappa shape index (κ1) is 17.7. The number of alkyl halides is 3. The molecule has 0 saturated heterocycles. The second-order valence-corrected chi connectivity index (χ2v) is 5.57. The van der Waals surface area contributed by atoms with Crippen molar-refractivity contribution in [1.82, 2.24) is 9.97 Å². The predicted molar refractivity (Wildman–Crippen MR) is 95.9 cm³/mol. The molecule has 0 radical (unpaired) electrons. The fraction of sp³-hybridized carbons (Fsp3) is 0.158. The lowest BCUT2D eigenvalue weighted by molar-refractivity contribution is -0.136. The van der Waals surface area contributed by atoms with Gasteiger partial charge in [-0.1, -0.05) is 37.3 Å². The summed E-state index contributed by atoms with van der Waals surface area (Å²) in [5.74, 6) is 0.577. The van der Waals surface area contributed by atoms with Gasteiger partial charge < -0.3 is 10.6 Å². The minimum absolute atomic E-state index is 0.0840. The van der Waals surface area contributed by atoms with Crippen LogP contribution >= 0.6 is 0 Å². The van der Waals surface area contributed by atoms with Crippen molar-refractivity contribution in [3.05, 3.63) is 71.9 Å². The lowest BCUT2D eigenvalue weighted by Crippen LogP contribution is -2.09. The van der Waals surface area contributed by atoms with Crippen LogP contribution in [0.1, 0.15) is 18.1 Å². The Morgan fingerprint density at radius 1 is 0.885 bits per heavy atom. The molecule has 0 fully saturated rings. The molecule has 0 saturated carbocycles. The molecule has 26 heavy (non-hydrogen) atoms. The highest BCUT2D eigenvalue weighted by Crippen LogP contribution is 2.35. The Hall–Kier alpha value is -3.09. The van der Waals surface area contributed by atoms with Gasteiger partial charge in [0.1, 0.15) is 5.82 Å². The summed E-state index contributed by atoms with van der Waals surface area (Å²) in [6.07, 6.45) is -2.12. The molecule has 7 heteroatoms. The van der Waals surface area contributed by atoms with Gasteiger partial charge in [0.15, 0.2) is 0 Å². The van der Waals surface area contributed by atoms with Crippen molar-refractivity contribution < 1.29 is 13.2 Å². The summed E-state index contributed by atoms with van der Waals surface area (Å²) < 4.78 is 39.3. The number of nitrogens with one attached hydrogen (secondary N) is 2. The van der Waals surface area contributed by atoms with Crippen LogP contribution in [-0.2, 0) is 12.6 Å². The van der Waals surface area contributed by atoms with E-state index in [0.717, 1.165) is 23.7 Å². The van der Waals surface area contributed by atoms with Crippen molar-refractivity contribution in [2.75, 3.05) is 10.6 Å². The lowest BCUT2D eigenvalue weighted by Gasteiger charge is -2.14. The summed E-state index contributed by atoms with van der Waals surface area (Å²) in [7, 11) is 0. The Balaban J connectivity index is 1.85. The van der Waals surface area contributed by atoms with E-state index >= 15 is 0 Å². The molecule has 0 atom stereocenters. The van der Waals surface area contributed by atoms with Crippen LogP contribution in [0, 0.1) is 0 Å². The van der Waals surface area contributed by atoms with Gasteiger partial charge in [0.2, 0.25) is 5.95 Å². The van der Waals surface area contributed by atoms with Gasteiger partial charge in [-0.2, -0.15) is 18.2 Å². The van der Waals surface area contributed by atoms with E-state index in [1.54, 1.807) is 6.07 Å². The SMILES string of the molecule is CCc1ccccc1Nc1ccnc(Nc2ccccc2C(F)(F)F)n1. The van der Waals surface area contributed by atoms with Crippen LogP contribution in [0.5, 0.6) is 0 Å². The molecule has 1 aromatic heterocycles. The van der Waals surface area contributed by atoms with Gasteiger partial charge in [-0.25, -0.2) is 4.98 Å². The Labute approximate surface area is 149 Å². The molecule has 134 valence electrons. The molecular weight excluding hydrogens is 341 g/mol. The fourth-order valence-corrected chi connectivity index (χ4v) is 2.54. The van der Waals surface area contributed by atoms with Crippen molar-refractivity contribution in [1.29, 1.82) is 0 Å². The first-order valence-electron chi connectivity index (χ1n) is 8.08. The van der Waals surface area contributed by atoms with Crippen molar-refractivity contribution in [3.8, 4) is 0 Å². The molecule has 3 aromatic rings. The number of benzene rings is 2. The Morgan fingerprint density at radius 3 is 2.31 bits per heavy atom. The predicted octanol–water partition coefficient (Wildman–Crippen LogP) is 5.55. The molecule has 0 aliphatic heterocycles. The van der Waals surface area contributed by atoms with Crippen LogP contribution < -0.4 is 10.6 Å². The summed E-state index contributed by atoms with van der Waals surface area (Å²) in [5, 5.41) is 5.83. The lowest BCUT2D eigenvalue weighted by atomic mass is 10.1. The van der Waals surface area contributed by atoms with E-state index in [4.69, 9.17) is 0 Å². The highest BCUT2D eigenvalue weighted by atomic mass is 19.4. The molecule has 0 bridgehead atoms. The number of hydrogen-bond donors (Lipinski definition) is 2. The molecule has 0 spiro atoms. The highest BCUT2D eigenvalue weighted by molar-refractivity contribution is 5.63. The van der Waals surface area contributed by atoms with Gasteiger partial charge in [0, 0.05) is 11.9 Å².